The van der Waals surface area contributed by atoms with E-state index in [4.69, 9.17) is 26.6 Å². The van der Waals surface area contributed by atoms with Crippen LogP contribution in [-0.4, -0.2) is 41.1 Å². The average molecular weight is 514 g/mol. The van der Waals surface area contributed by atoms with Crippen LogP contribution in [0.4, 0.5) is 17.8 Å². The Morgan fingerprint density at radius 2 is 1.30 bits per heavy atom. The van der Waals surface area contributed by atoms with Crippen molar-refractivity contribution in [3.8, 4) is 0 Å². The predicted octanol–water partition coefficient (Wildman–Crippen LogP) is 6.48. The number of aryl methyl sites for hydroxylation is 1. The van der Waals surface area contributed by atoms with Crippen LogP contribution in [0.15, 0.2) is 18.2 Å². The standard InChI is InChI=1S/C21H29ClN6.ClH.4H3N.4H2/c1-16-14-18(22)9-8-17(16)15-23-19-24-20(27-10-4-2-5-11-27)26-21(25-19)28-12-6-3-7-13-28;;;;;;;;;/h8-9,14H,2-7,10-13,15H2,1H3,(H,23,24,25,26);1H;4*1H3;4*1H. The molecule has 2 saturated heterocycles. The van der Waals surface area contributed by atoms with Gasteiger partial charge in [0, 0.05) is 43.5 Å². The van der Waals surface area contributed by atoms with Gasteiger partial charge >= 0.3 is 0 Å². The van der Waals surface area contributed by atoms with E-state index in [2.05, 4.69) is 28.1 Å². The molecule has 4 rings (SSSR count). The molecule has 1 aromatic heterocycles. The second-order valence-electron chi connectivity index (χ2n) is 7.78. The summed E-state index contributed by atoms with van der Waals surface area (Å²) in [6.07, 6.45) is 7.41. The first-order chi connectivity index (χ1) is 13.7. The van der Waals surface area contributed by atoms with E-state index in [0.717, 1.165) is 43.1 Å². The third-order valence-corrected chi connectivity index (χ3v) is 5.87. The molecule has 0 atom stereocenters. The Morgan fingerprint density at radius 1 is 0.818 bits per heavy atom. The van der Waals surface area contributed by atoms with Gasteiger partial charge < -0.3 is 39.7 Å². The number of aromatic nitrogens is 3. The summed E-state index contributed by atoms with van der Waals surface area (Å²) in [5, 5.41) is 4.19. The van der Waals surface area contributed by atoms with E-state index in [1.54, 1.807) is 0 Å². The molecule has 2 fully saturated rings. The van der Waals surface area contributed by atoms with Crippen molar-refractivity contribution in [3.63, 3.8) is 0 Å². The smallest absolute Gasteiger partial charge is 0.231 e. The fourth-order valence-corrected chi connectivity index (χ4v) is 4.16. The maximum Gasteiger partial charge on any atom is 0.231 e. The number of piperidine rings is 2. The van der Waals surface area contributed by atoms with Crippen LogP contribution in [0.5, 0.6) is 0 Å². The average Bonchev–Trinajstić information content (AvgIpc) is 2.74. The number of anilines is 3. The van der Waals surface area contributed by atoms with Gasteiger partial charge in [0.1, 0.15) is 0 Å². The SMILES string of the molecule is Cc1cc(Cl)ccc1CNc1nc(N2CCCCC2)nc(N2CCCCC2)n1.Cl.N.N.N.N.[HH].[HH].[HH].[HH]. The van der Waals surface area contributed by atoms with E-state index in [9.17, 15) is 0 Å². The van der Waals surface area contributed by atoms with Gasteiger partial charge in [0.15, 0.2) is 0 Å². The van der Waals surface area contributed by atoms with Crippen LogP contribution in [0.25, 0.3) is 0 Å². The van der Waals surface area contributed by atoms with Crippen molar-refractivity contribution in [3.05, 3.63) is 34.3 Å². The van der Waals surface area contributed by atoms with Crippen molar-refractivity contribution in [2.75, 3.05) is 41.3 Å². The topological polar surface area (TPSA) is 197 Å². The summed E-state index contributed by atoms with van der Waals surface area (Å²) in [5.41, 5.74) is 2.37. The third kappa shape index (κ3) is 8.73. The normalized spacial score (nSPS) is 15.0. The number of hydrogen-bond acceptors (Lipinski definition) is 10. The molecule has 0 amide bonds. The van der Waals surface area contributed by atoms with Crippen molar-refractivity contribution in [1.29, 1.82) is 0 Å². The van der Waals surface area contributed by atoms with Gasteiger partial charge in [-0.15, -0.1) is 12.4 Å². The Balaban J connectivity index is -0.000000267. The zero-order valence-corrected chi connectivity index (χ0v) is 21.4. The Morgan fingerprint density at radius 3 is 1.76 bits per heavy atom. The largest absolute Gasteiger partial charge is 0.350 e. The van der Waals surface area contributed by atoms with Gasteiger partial charge in [-0.05, 0) is 68.7 Å². The fraction of sp³-hybridized carbons (Fsp3) is 0.571. The number of rotatable bonds is 5. The molecule has 0 radical (unpaired) electrons. The van der Waals surface area contributed by atoms with Gasteiger partial charge in [0.2, 0.25) is 17.8 Å². The molecule has 12 heteroatoms. The van der Waals surface area contributed by atoms with Gasteiger partial charge in [-0.2, -0.15) is 15.0 Å². The minimum Gasteiger partial charge on any atom is -0.350 e. The second-order valence-corrected chi connectivity index (χ2v) is 8.22. The Labute approximate surface area is 215 Å². The van der Waals surface area contributed by atoms with Crippen molar-refractivity contribution in [2.45, 2.75) is 52.0 Å². The van der Waals surface area contributed by atoms with E-state index in [1.807, 2.05) is 12.1 Å². The highest BCUT2D eigenvalue weighted by Gasteiger charge is 2.20. The lowest BCUT2D eigenvalue weighted by Crippen LogP contribution is -2.34. The molecular weight excluding hydrogens is 463 g/mol. The van der Waals surface area contributed by atoms with Crippen molar-refractivity contribution < 1.29 is 5.71 Å². The first-order valence-corrected chi connectivity index (χ1v) is 10.8. The lowest BCUT2D eigenvalue weighted by Gasteiger charge is -2.30. The maximum absolute atomic E-state index is 6.08. The van der Waals surface area contributed by atoms with E-state index in [-0.39, 0.29) is 42.7 Å². The maximum atomic E-state index is 6.08. The second kappa shape index (κ2) is 15.8. The van der Waals surface area contributed by atoms with Crippen LogP contribution >= 0.6 is 24.0 Å². The lowest BCUT2D eigenvalue weighted by molar-refractivity contribution is 0.556. The molecular formula is C21H50Cl2N10. The van der Waals surface area contributed by atoms with Crippen LogP contribution in [-0.2, 0) is 6.54 Å². The molecule has 0 spiro atoms. The van der Waals surface area contributed by atoms with Crippen LogP contribution in [0.1, 0.15) is 55.4 Å². The Kier molecular flexibility index (Phi) is 15.9. The minimum atomic E-state index is 0. The molecule has 0 bridgehead atoms. The van der Waals surface area contributed by atoms with Crippen LogP contribution in [0, 0.1) is 6.92 Å². The molecule has 33 heavy (non-hydrogen) atoms. The Bertz CT molecular complexity index is 794. The molecule has 13 N–H and O–H groups in total. The predicted molar refractivity (Wildman–Crippen MR) is 151 cm³/mol. The summed E-state index contributed by atoms with van der Waals surface area (Å²) in [5.74, 6) is 2.28. The van der Waals surface area contributed by atoms with Gasteiger partial charge in [-0.1, -0.05) is 17.7 Å². The molecule has 2 aromatic rings. The highest BCUT2D eigenvalue weighted by Crippen LogP contribution is 2.23. The highest BCUT2D eigenvalue weighted by atomic mass is 35.5. The summed E-state index contributed by atoms with van der Waals surface area (Å²) < 4.78 is 0. The van der Waals surface area contributed by atoms with Crippen molar-refractivity contribution >= 4 is 41.9 Å². The van der Waals surface area contributed by atoms with Gasteiger partial charge in [0.05, 0.1) is 0 Å². The number of benzene rings is 1. The molecule has 1 aromatic carbocycles. The Hall–Kier alpha value is -1.95. The lowest BCUT2D eigenvalue weighted by atomic mass is 10.1. The zero-order chi connectivity index (χ0) is 19.3. The molecule has 0 saturated carbocycles. The highest BCUT2D eigenvalue weighted by molar-refractivity contribution is 6.30. The molecule has 3 heterocycles. The third-order valence-electron chi connectivity index (χ3n) is 5.63. The van der Waals surface area contributed by atoms with Crippen LogP contribution in [0.2, 0.25) is 5.02 Å². The molecule has 198 valence electrons. The van der Waals surface area contributed by atoms with E-state index < -0.39 is 0 Å². The summed E-state index contributed by atoms with van der Waals surface area (Å²) in [7, 11) is 0. The van der Waals surface area contributed by atoms with Crippen LogP contribution in [0.3, 0.4) is 0 Å². The first kappa shape index (κ1) is 33.2. The number of halogens is 2. The quantitative estimate of drug-likeness (QED) is 0.295. The van der Waals surface area contributed by atoms with Crippen molar-refractivity contribution in [1.82, 2.24) is 39.6 Å². The van der Waals surface area contributed by atoms with Gasteiger partial charge in [0.25, 0.3) is 0 Å². The van der Waals surface area contributed by atoms with E-state index in [0.29, 0.717) is 12.5 Å². The fourth-order valence-electron chi connectivity index (χ4n) is 3.94. The summed E-state index contributed by atoms with van der Waals surface area (Å²) in [4.78, 5) is 19.0. The number of nitrogens with zero attached hydrogens (tertiary/aromatic N) is 5. The van der Waals surface area contributed by atoms with E-state index in [1.165, 1.54) is 49.7 Å². The minimum absolute atomic E-state index is 0. The van der Waals surface area contributed by atoms with E-state index >= 15 is 0 Å². The number of hydrogen-bond donors (Lipinski definition) is 5. The molecule has 10 nitrogen and oxygen atoms in total. The number of nitrogens with one attached hydrogen (secondary N) is 1. The van der Waals surface area contributed by atoms with Gasteiger partial charge in [-0.25, -0.2) is 0 Å². The first-order valence-electron chi connectivity index (χ1n) is 10.4. The summed E-state index contributed by atoms with van der Waals surface area (Å²) in [6.45, 7) is 6.86. The molecule has 2 aliphatic heterocycles. The summed E-state index contributed by atoms with van der Waals surface area (Å²) >= 11 is 6.08. The monoisotopic (exact) mass is 512 g/mol. The summed E-state index contributed by atoms with van der Waals surface area (Å²) in [6, 6.07) is 5.98. The zero-order valence-electron chi connectivity index (χ0n) is 19.9. The van der Waals surface area contributed by atoms with Gasteiger partial charge in [-0.3, -0.25) is 0 Å². The molecule has 2 aliphatic rings. The van der Waals surface area contributed by atoms with Crippen molar-refractivity contribution in [2.24, 2.45) is 0 Å². The molecule has 0 aliphatic carbocycles. The molecule has 0 unspecified atom stereocenters. The van der Waals surface area contributed by atoms with Crippen LogP contribution < -0.4 is 39.7 Å².